The first-order chi connectivity index (χ1) is 15.4. The molecule has 0 aliphatic heterocycles. The van der Waals surface area contributed by atoms with Crippen molar-refractivity contribution in [2.75, 3.05) is 6.61 Å². The van der Waals surface area contributed by atoms with E-state index in [-0.39, 0.29) is 0 Å². The van der Waals surface area contributed by atoms with E-state index in [1.54, 1.807) is 45.0 Å². The van der Waals surface area contributed by atoms with Crippen molar-refractivity contribution in [3.63, 3.8) is 0 Å². The van der Waals surface area contributed by atoms with Crippen LogP contribution in [0.15, 0.2) is 62.8 Å². The molecule has 2 atom stereocenters. The zero-order valence-corrected chi connectivity index (χ0v) is 20.0. The Balaban J connectivity index is 1.94. The lowest BCUT2D eigenvalue weighted by molar-refractivity contribution is -0.145. The van der Waals surface area contributed by atoms with Crippen molar-refractivity contribution in [2.45, 2.75) is 71.7 Å². The van der Waals surface area contributed by atoms with Crippen molar-refractivity contribution >= 4 is 16.9 Å². The smallest absolute Gasteiger partial charge is 0.336 e. The fraction of sp³-hybridized carbons (Fsp3) is 0.462. The van der Waals surface area contributed by atoms with Crippen LogP contribution in [0.25, 0.3) is 11.0 Å². The number of carbonyl (C=O) groups excluding carboxylic acids is 1. The molecule has 2 rings (SSSR count). The first-order valence-electron chi connectivity index (χ1n) is 11.0. The molecule has 0 amide bonds. The van der Waals surface area contributed by atoms with Crippen LogP contribution in [0.3, 0.4) is 0 Å². The van der Waals surface area contributed by atoms with E-state index >= 15 is 0 Å². The second-order valence-electron chi connectivity index (χ2n) is 8.95. The minimum atomic E-state index is -0.868. The molecule has 180 valence electrons. The summed E-state index contributed by atoms with van der Waals surface area (Å²) in [4.78, 5) is 22.8. The van der Waals surface area contributed by atoms with Crippen LogP contribution in [0.1, 0.15) is 53.9 Å². The van der Waals surface area contributed by atoms with Crippen molar-refractivity contribution in [1.29, 1.82) is 0 Å². The Bertz CT molecular complexity index is 1060. The molecule has 1 aromatic carbocycles. The van der Waals surface area contributed by atoms with E-state index in [1.165, 1.54) is 13.0 Å². The van der Waals surface area contributed by atoms with Gasteiger partial charge in [-0.05, 0) is 76.8 Å². The summed E-state index contributed by atoms with van der Waals surface area (Å²) in [6.07, 6.45) is 3.62. The number of ether oxygens (including phenoxy) is 2. The van der Waals surface area contributed by atoms with Gasteiger partial charge in [-0.15, -0.1) is 0 Å². The summed E-state index contributed by atoms with van der Waals surface area (Å²) in [5, 5.41) is 21.2. The Morgan fingerprint density at radius 2 is 1.88 bits per heavy atom. The first kappa shape index (κ1) is 26.4. The molecule has 1 unspecified atom stereocenters. The molecular weight excluding hydrogens is 424 g/mol. The van der Waals surface area contributed by atoms with E-state index in [0.29, 0.717) is 37.2 Å². The molecule has 1 heterocycles. The molecule has 0 saturated heterocycles. The molecule has 2 N–H and O–H groups in total. The van der Waals surface area contributed by atoms with Gasteiger partial charge in [0.05, 0.1) is 11.7 Å². The van der Waals surface area contributed by atoms with Crippen molar-refractivity contribution < 1.29 is 28.9 Å². The van der Waals surface area contributed by atoms with Gasteiger partial charge in [0.2, 0.25) is 0 Å². The highest BCUT2D eigenvalue weighted by atomic mass is 16.5. The molecule has 0 fully saturated rings. The van der Waals surface area contributed by atoms with E-state index in [9.17, 15) is 19.8 Å². The molecule has 0 saturated carbocycles. The molecule has 0 aliphatic rings. The number of aliphatic hydroxyl groups is 2. The largest absolute Gasteiger partial charge is 0.489 e. The first-order valence-corrected chi connectivity index (χ1v) is 11.0. The third-order valence-electron chi connectivity index (χ3n) is 5.10. The van der Waals surface area contributed by atoms with Gasteiger partial charge >= 0.3 is 11.6 Å². The number of hydrogen-bond acceptors (Lipinski definition) is 7. The molecule has 7 heteroatoms. The molecule has 33 heavy (non-hydrogen) atoms. The monoisotopic (exact) mass is 458 g/mol. The lowest BCUT2D eigenvalue weighted by Crippen LogP contribution is -2.25. The molecule has 1 aromatic heterocycles. The van der Waals surface area contributed by atoms with Gasteiger partial charge in [0.15, 0.2) is 0 Å². The topological polar surface area (TPSA) is 106 Å². The van der Waals surface area contributed by atoms with Gasteiger partial charge in [0.25, 0.3) is 0 Å². The minimum absolute atomic E-state index is 0.297. The fourth-order valence-corrected chi connectivity index (χ4v) is 3.36. The molecule has 7 nitrogen and oxygen atoms in total. The minimum Gasteiger partial charge on any atom is -0.489 e. The lowest BCUT2D eigenvalue weighted by atomic mass is 9.96. The third kappa shape index (κ3) is 9.63. The highest BCUT2D eigenvalue weighted by Crippen LogP contribution is 2.21. The van der Waals surface area contributed by atoms with Crippen LogP contribution in [0, 0.1) is 0 Å². The van der Waals surface area contributed by atoms with E-state index < -0.39 is 29.4 Å². The van der Waals surface area contributed by atoms with Gasteiger partial charge in [-0.2, -0.15) is 0 Å². The number of esters is 1. The number of hydrogen-bond donors (Lipinski definition) is 2. The average Bonchev–Trinajstić information content (AvgIpc) is 2.69. The molecule has 2 aromatic rings. The van der Waals surface area contributed by atoms with E-state index in [2.05, 4.69) is 0 Å². The standard InChI is InChI=1S/C26H34O7/c1-17(11-13-31-22-8-6-20-7-9-25(29)33-24(20)16-22)14-21(28)15-18(2)23(32-19(3)27)10-12-26(4,5)30/h6-9,11,15-16,21,23,28,30H,10,12-14H2,1-5H3/b17-11+,18-15+/t21?,23-/m0/s1. The molecular formula is C26H34O7. The van der Waals surface area contributed by atoms with E-state index in [1.807, 2.05) is 19.1 Å². The number of aliphatic hydroxyl groups excluding tert-OH is 1. The van der Waals surface area contributed by atoms with Crippen LogP contribution >= 0.6 is 0 Å². The van der Waals surface area contributed by atoms with Gasteiger partial charge in [0.1, 0.15) is 24.0 Å². The predicted molar refractivity (Wildman–Crippen MR) is 127 cm³/mol. The SMILES string of the molecule is CC(=O)O[C@@H](CCC(C)(C)O)/C(C)=C/C(O)C/C(C)=C/COc1ccc2ccc(=O)oc2c1. The van der Waals surface area contributed by atoms with Crippen LogP contribution in [0.4, 0.5) is 0 Å². The summed E-state index contributed by atoms with van der Waals surface area (Å²) in [5.74, 6) is 0.174. The van der Waals surface area contributed by atoms with Crippen LogP contribution in [0.5, 0.6) is 5.75 Å². The van der Waals surface area contributed by atoms with Gasteiger partial charge in [-0.3, -0.25) is 4.79 Å². The van der Waals surface area contributed by atoms with Crippen LogP contribution in [0.2, 0.25) is 0 Å². The van der Waals surface area contributed by atoms with Crippen molar-refractivity contribution in [3.05, 3.63) is 64.1 Å². The maximum Gasteiger partial charge on any atom is 0.336 e. The number of rotatable bonds is 11. The Morgan fingerprint density at radius 3 is 2.55 bits per heavy atom. The molecule has 0 aliphatic carbocycles. The lowest BCUT2D eigenvalue weighted by Gasteiger charge is -2.23. The molecule has 0 radical (unpaired) electrons. The quantitative estimate of drug-likeness (QED) is 0.294. The van der Waals surface area contributed by atoms with Crippen LogP contribution < -0.4 is 10.4 Å². The summed E-state index contributed by atoms with van der Waals surface area (Å²) >= 11 is 0. The Hall–Kier alpha value is -2.90. The second-order valence-corrected chi connectivity index (χ2v) is 8.95. The summed E-state index contributed by atoms with van der Waals surface area (Å²) in [5.41, 5.74) is 0.850. The Morgan fingerprint density at radius 1 is 1.18 bits per heavy atom. The second kappa shape index (κ2) is 11.8. The fourth-order valence-electron chi connectivity index (χ4n) is 3.36. The summed E-state index contributed by atoms with van der Waals surface area (Å²) in [6, 6.07) is 8.36. The zero-order valence-electron chi connectivity index (χ0n) is 20.0. The maximum atomic E-state index is 11.5. The van der Waals surface area contributed by atoms with E-state index in [0.717, 1.165) is 16.5 Å². The zero-order chi connectivity index (χ0) is 24.6. The summed E-state index contributed by atoms with van der Waals surface area (Å²) in [7, 11) is 0. The van der Waals surface area contributed by atoms with Gasteiger partial charge in [0, 0.05) is 24.4 Å². The van der Waals surface area contributed by atoms with Gasteiger partial charge in [-0.1, -0.05) is 11.6 Å². The molecule has 0 bridgehead atoms. The highest BCUT2D eigenvalue weighted by Gasteiger charge is 2.20. The maximum absolute atomic E-state index is 11.5. The Kier molecular flexibility index (Phi) is 9.44. The normalized spacial score (nSPS) is 14.8. The number of carbonyl (C=O) groups is 1. The summed E-state index contributed by atoms with van der Waals surface area (Å²) in [6.45, 7) is 8.75. The van der Waals surface area contributed by atoms with Crippen molar-refractivity contribution in [1.82, 2.24) is 0 Å². The van der Waals surface area contributed by atoms with Crippen molar-refractivity contribution in [3.8, 4) is 5.75 Å². The Labute approximate surface area is 194 Å². The van der Waals surface area contributed by atoms with Gasteiger partial charge < -0.3 is 24.1 Å². The third-order valence-corrected chi connectivity index (χ3v) is 5.10. The van der Waals surface area contributed by atoms with Crippen LogP contribution in [-0.4, -0.2) is 40.6 Å². The molecule has 0 spiro atoms. The highest BCUT2D eigenvalue weighted by molar-refractivity contribution is 5.77. The number of fused-ring (bicyclic) bond motifs is 1. The average molecular weight is 459 g/mol. The predicted octanol–water partition coefficient (Wildman–Crippen LogP) is 4.30. The summed E-state index contributed by atoms with van der Waals surface area (Å²) < 4.78 is 16.3. The van der Waals surface area contributed by atoms with Crippen LogP contribution in [-0.2, 0) is 9.53 Å². The van der Waals surface area contributed by atoms with Crippen molar-refractivity contribution in [2.24, 2.45) is 0 Å². The van der Waals surface area contributed by atoms with Gasteiger partial charge in [-0.25, -0.2) is 4.79 Å². The number of benzene rings is 1. The van der Waals surface area contributed by atoms with E-state index in [4.69, 9.17) is 13.9 Å².